The van der Waals surface area contributed by atoms with Gasteiger partial charge in [0.25, 0.3) is 5.56 Å². The van der Waals surface area contributed by atoms with E-state index in [9.17, 15) is 4.79 Å². The fraction of sp³-hybridized carbons (Fsp3) is 0.700. The number of aryl methyl sites for hydroxylation is 1. The van der Waals surface area contributed by atoms with Gasteiger partial charge in [-0.15, -0.1) is 10.2 Å². The molecule has 0 bridgehead atoms. The van der Waals surface area contributed by atoms with Crippen LogP contribution in [0.1, 0.15) is 57.4 Å². The number of rotatable bonds is 4. The molecule has 27 heavy (non-hydrogen) atoms. The highest BCUT2D eigenvalue weighted by Gasteiger charge is 2.29. The minimum atomic E-state index is -0.0490. The first-order valence-corrected chi connectivity index (χ1v) is 10.1. The normalized spacial score (nSPS) is 18.8. The van der Waals surface area contributed by atoms with E-state index >= 15 is 0 Å². The third-order valence-electron chi connectivity index (χ3n) is 5.65. The molecular formula is C20H30N6O. The molecule has 0 amide bonds. The smallest absolute Gasteiger partial charge is 0.266 e. The Morgan fingerprint density at radius 1 is 1.11 bits per heavy atom. The van der Waals surface area contributed by atoms with Crippen LogP contribution in [0.2, 0.25) is 0 Å². The summed E-state index contributed by atoms with van der Waals surface area (Å²) in [5.74, 6) is 2.71. The molecule has 4 heterocycles. The molecular weight excluding hydrogens is 340 g/mol. The summed E-state index contributed by atoms with van der Waals surface area (Å²) in [6.07, 6.45) is 4.77. The summed E-state index contributed by atoms with van der Waals surface area (Å²) < 4.78 is 3.96. The molecule has 0 N–H and O–H groups in total. The Hall–Kier alpha value is -2.02. The average Bonchev–Trinajstić information content (AvgIpc) is 2.80. The lowest BCUT2D eigenvalue weighted by molar-refractivity contribution is 0.0724. The summed E-state index contributed by atoms with van der Waals surface area (Å²) in [4.78, 5) is 14.6. The van der Waals surface area contributed by atoms with Crippen LogP contribution in [0.25, 0.3) is 0 Å². The van der Waals surface area contributed by atoms with Crippen molar-refractivity contribution in [2.45, 2.75) is 71.5 Å². The van der Waals surface area contributed by atoms with Gasteiger partial charge < -0.3 is 4.57 Å². The Balaban J connectivity index is 1.36. The molecule has 2 aliphatic heterocycles. The third kappa shape index (κ3) is 3.98. The number of hydrogen-bond donors (Lipinski definition) is 0. The van der Waals surface area contributed by atoms with Crippen molar-refractivity contribution in [1.29, 1.82) is 0 Å². The number of aromatic nitrogens is 5. The van der Waals surface area contributed by atoms with Crippen molar-refractivity contribution in [3.63, 3.8) is 0 Å². The molecule has 0 aromatic carbocycles. The van der Waals surface area contributed by atoms with Crippen LogP contribution in [0, 0.1) is 5.92 Å². The second-order valence-electron chi connectivity index (χ2n) is 9.04. The second kappa shape index (κ2) is 7.19. The van der Waals surface area contributed by atoms with Crippen LogP contribution < -0.4 is 5.56 Å². The van der Waals surface area contributed by atoms with Crippen LogP contribution in [0.4, 0.5) is 0 Å². The van der Waals surface area contributed by atoms with Gasteiger partial charge in [-0.05, 0) is 18.9 Å². The zero-order chi connectivity index (χ0) is 19.0. The van der Waals surface area contributed by atoms with E-state index in [0.29, 0.717) is 12.5 Å². The van der Waals surface area contributed by atoms with Gasteiger partial charge in [0.05, 0.1) is 18.8 Å². The van der Waals surface area contributed by atoms with E-state index in [1.165, 1.54) is 19.3 Å². The van der Waals surface area contributed by atoms with Gasteiger partial charge in [-0.1, -0.05) is 27.2 Å². The van der Waals surface area contributed by atoms with Gasteiger partial charge in [0.1, 0.15) is 11.6 Å². The van der Waals surface area contributed by atoms with Crippen molar-refractivity contribution < 1.29 is 0 Å². The van der Waals surface area contributed by atoms with E-state index in [1.807, 2.05) is 6.07 Å². The number of hydrogen-bond acceptors (Lipinski definition) is 5. The lowest BCUT2D eigenvalue weighted by atomic mass is 9.92. The summed E-state index contributed by atoms with van der Waals surface area (Å²) in [5.41, 5.74) is 0.903. The third-order valence-corrected chi connectivity index (χ3v) is 5.65. The van der Waals surface area contributed by atoms with E-state index in [2.05, 4.69) is 45.5 Å². The fourth-order valence-corrected chi connectivity index (χ4v) is 4.01. The first kappa shape index (κ1) is 18.3. The Morgan fingerprint density at radius 3 is 2.70 bits per heavy atom. The molecule has 146 valence electrons. The van der Waals surface area contributed by atoms with E-state index in [0.717, 1.165) is 49.9 Å². The van der Waals surface area contributed by atoms with Crippen LogP contribution in [-0.2, 0) is 31.5 Å². The Labute approximate surface area is 160 Å². The Bertz CT molecular complexity index is 856. The van der Waals surface area contributed by atoms with Crippen LogP contribution in [-0.4, -0.2) is 42.5 Å². The lowest BCUT2D eigenvalue weighted by Gasteiger charge is -2.39. The van der Waals surface area contributed by atoms with Gasteiger partial charge in [0, 0.05) is 43.5 Å². The van der Waals surface area contributed by atoms with Gasteiger partial charge >= 0.3 is 0 Å². The zero-order valence-corrected chi connectivity index (χ0v) is 16.7. The van der Waals surface area contributed by atoms with Gasteiger partial charge in [-0.25, -0.2) is 4.68 Å². The number of fused-ring (bicyclic) bond motifs is 1. The minimum Gasteiger partial charge on any atom is -0.314 e. The maximum absolute atomic E-state index is 12.2. The van der Waals surface area contributed by atoms with E-state index in [-0.39, 0.29) is 11.0 Å². The standard InChI is InChI=1S/C20H30N6O/c1-20(2,3)16-8-9-19(27)26(23-16)13-15-11-24(12-15)14-18-22-21-17-7-5-4-6-10-25(17)18/h8-9,15H,4-7,10-14H2,1-3H3. The summed E-state index contributed by atoms with van der Waals surface area (Å²) in [7, 11) is 0. The van der Waals surface area contributed by atoms with Crippen LogP contribution in [0.15, 0.2) is 16.9 Å². The molecule has 4 rings (SSSR count). The van der Waals surface area contributed by atoms with Gasteiger partial charge in [0.15, 0.2) is 0 Å². The number of likely N-dealkylation sites (tertiary alicyclic amines) is 1. The molecule has 0 radical (unpaired) electrons. The van der Waals surface area contributed by atoms with Gasteiger partial charge in [-0.2, -0.15) is 5.10 Å². The largest absolute Gasteiger partial charge is 0.314 e. The predicted octanol–water partition coefficient (Wildman–Crippen LogP) is 1.99. The SMILES string of the molecule is CC(C)(C)c1ccc(=O)n(CC2CN(Cc3nnc4n3CCCCC4)C2)n1. The predicted molar refractivity (Wildman–Crippen MR) is 104 cm³/mol. The van der Waals surface area contributed by atoms with Crippen molar-refractivity contribution >= 4 is 0 Å². The van der Waals surface area contributed by atoms with Crippen LogP contribution in [0.3, 0.4) is 0 Å². The topological polar surface area (TPSA) is 68.8 Å². The molecule has 1 fully saturated rings. The van der Waals surface area contributed by atoms with Crippen molar-refractivity contribution in [1.82, 2.24) is 29.4 Å². The highest BCUT2D eigenvalue weighted by molar-refractivity contribution is 5.10. The molecule has 7 heteroatoms. The maximum Gasteiger partial charge on any atom is 0.266 e. The maximum atomic E-state index is 12.2. The highest BCUT2D eigenvalue weighted by atomic mass is 16.1. The molecule has 0 spiro atoms. The average molecular weight is 371 g/mol. The molecule has 0 aliphatic carbocycles. The first-order chi connectivity index (χ1) is 12.9. The molecule has 7 nitrogen and oxygen atoms in total. The summed E-state index contributed by atoms with van der Waals surface area (Å²) in [6, 6.07) is 3.50. The molecule has 2 aromatic rings. The molecule has 2 aliphatic rings. The molecule has 0 unspecified atom stereocenters. The fourth-order valence-electron chi connectivity index (χ4n) is 4.01. The van der Waals surface area contributed by atoms with E-state index in [1.54, 1.807) is 10.7 Å². The quantitative estimate of drug-likeness (QED) is 0.823. The molecule has 1 saturated heterocycles. The van der Waals surface area contributed by atoms with E-state index in [4.69, 9.17) is 0 Å². The minimum absolute atomic E-state index is 0.00998. The lowest BCUT2D eigenvalue weighted by Crippen LogP contribution is -2.49. The molecule has 2 aromatic heterocycles. The first-order valence-electron chi connectivity index (χ1n) is 10.1. The van der Waals surface area contributed by atoms with Crippen LogP contribution in [0.5, 0.6) is 0 Å². The number of nitrogens with zero attached hydrogens (tertiary/aromatic N) is 6. The summed E-state index contributed by atoms with van der Waals surface area (Å²) in [5, 5.41) is 13.4. The second-order valence-corrected chi connectivity index (χ2v) is 9.04. The monoisotopic (exact) mass is 370 g/mol. The Morgan fingerprint density at radius 2 is 1.93 bits per heavy atom. The highest BCUT2D eigenvalue weighted by Crippen LogP contribution is 2.22. The van der Waals surface area contributed by atoms with Crippen LogP contribution >= 0.6 is 0 Å². The summed E-state index contributed by atoms with van der Waals surface area (Å²) >= 11 is 0. The van der Waals surface area contributed by atoms with Crippen molar-refractivity contribution in [3.05, 3.63) is 39.8 Å². The Kier molecular flexibility index (Phi) is 4.88. The van der Waals surface area contributed by atoms with Crippen molar-refractivity contribution in [2.24, 2.45) is 5.92 Å². The van der Waals surface area contributed by atoms with Gasteiger partial charge in [-0.3, -0.25) is 9.69 Å². The summed E-state index contributed by atoms with van der Waals surface area (Å²) in [6.45, 7) is 10.9. The van der Waals surface area contributed by atoms with Crippen molar-refractivity contribution in [2.75, 3.05) is 13.1 Å². The zero-order valence-electron chi connectivity index (χ0n) is 16.7. The van der Waals surface area contributed by atoms with E-state index < -0.39 is 0 Å². The van der Waals surface area contributed by atoms with Gasteiger partial charge in [0.2, 0.25) is 0 Å². The van der Waals surface area contributed by atoms with Crippen molar-refractivity contribution in [3.8, 4) is 0 Å². The molecule has 0 saturated carbocycles. The molecule has 0 atom stereocenters.